The van der Waals surface area contributed by atoms with Gasteiger partial charge in [-0.3, -0.25) is 71.9 Å². The number of nitrogens with one attached hydrogen (secondary N) is 12. The third-order valence-electron chi connectivity index (χ3n) is 15.9. The number of rotatable bonds is 13. The molecule has 109 heavy (non-hydrogen) atoms. The molecule has 4 aliphatic rings. The number of hydrogen-bond donors (Lipinski definition) is 20. The summed E-state index contributed by atoms with van der Waals surface area (Å²) in [4.78, 5) is 236. The fourth-order valence-corrected chi connectivity index (χ4v) is 17.5. The van der Waals surface area contributed by atoms with Gasteiger partial charge in [0.05, 0.1) is 40.7 Å². The average Bonchev–Trinajstić information content (AvgIpc) is 1.75. The van der Waals surface area contributed by atoms with Gasteiger partial charge in [0.2, 0.25) is 82.7 Å². The van der Waals surface area contributed by atoms with Crippen LogP contribution in [-0.4, -0.2) is 279 Å². The van der Waals surface area contributed by atoms with E-state index in [9.17, 15) is 110 Å². The smallest absolute Gasteiger partial charge is 0.490 e. The van der Waals surface area contributed by atoms with Crippen LogP contribution in [0.1, 0.15) is 57.1 Å². The predicted molar refractivity (Wildman–Crippen MR) is 385 cm³/mol. The highest BCUT2D eigenvalue weighted by Crippen LogP contribution is 2.27. The number of aromatic hydroxyl groups is 2. The van der Waals surface area contributed by atoms with Crippen molar-refractivity contribution >= 4 is 164 Å². The maximum Gasteiger partial charge on any atom is 0.490 e. The number of aliphatic hydroxyl groups is 1. The Kier molecular flexibility index (Phi) is 35.7. The molecule has 22 N–H and O–H groups in total. The number of hydrogen-bond acceptors (Lipinski definition) is 27. The van der Waals surface area contributed by atoms with Crippen LogP contribution >= 0.6 is 54.0 Å². The molecule has 4 saturated heterocycles. The quantitative estimate of drug-likeness (QED) is 0.0655. The van der Waals surface area contributed by atoms with E-state index >= 15 is 9.59 Å². The second-order valence-electron chi connectivity index (χ2n) is 24.5. The Labute approximate surface area is 639 Å². The van der Waals surface area contributed by atoms with Gasteiger partial charge in [0.1, 0.15) is 84.0 Å². The highest BCUT2D eigenvalue weighted by atomic mass is 33.1. The Morgan fingerprint density at radius 2 is 1.11 bits per heavy atom. The number of fused-ring (bicyclic) bond motifs is 20. The highest BCUT2D eigenvalue weighted by molar-refractivity contribution is 8.77. The van der Waals surface area contributed by atoms with Gasteiger partial charge in [0.25, 0.3) is 0 Å². The van der Waals surface area contributed by atoms with Crippen LogP contribution in [0.25, 0.3) is 0 Å². The topological polar surface area (TPSA) is 628 Å². The van der Waals surface area contributed by atoms with E-state index in [0.717, 1.165) is 33.4 Å². The van der Waals surface area contributed by atoms with E-state index in [-0.39, 0.29) is 42.9 Å². The Morgan fingerprint density at radius 1 is 0.624 bits per heavy atom. The van der Waals surface area contributed by atoms with Crippen LogP contribution in [0.4, 0.5) is 13.2 Å². The van der Waals surface area contributed by atoms with E-state index in [1.54, 1.807) is 0 Å². The van der Waals surface area contributed by atoms with Crippen molar-refractivity contribution < 1.29 is 130 Å². The van der Waals surface area contributed by atoms with E-state index in [1.807, 2.05) is 0 Å². The second kappa shape index (κ2) is 43.1. The van der Waals surface area contributed by atoms with Crippen LogP contribution in [-0.2, 0) is 104 Å². The van der Waals surface area contributed by atoms with Crippen LogP contribution < -0.4 is 75.3 Å². The number of primary amides is 1. The van der Waals surface area contributed by atoms with E-state index in [2.05, 4.69) is 63.8 Å². The van der Waals surface area contributed by atoms with Crippen LogP contribution in [0, 0.1) is 0 Å². The van der Waals surface area contributed by atoms with Crippen molar-refractivity contribution in [2.24, 2.45) is 11.5 Å². The molecule has 4 fully saturated rings. The Morgan fingerprint density at radius 3 is 1.65 bits per heavy atom. The third kappa shape index (κ3) is 29.9. The predicted octanol–water partition coefficient (Wildman–Crippen LogP) is -6.29. The van der Waals surface area contributed by atoms with Crippen LogP contribution in [0.15, 0.2) is 48.5 Å². The molecule has 6 rings (SSSR count). The molecule has 2 aromatic rings. The number of carboxylic acids is 3. The van der Waals surface area contributed by atoms with Gasteiger partial charge in [-0.2, -0.15) is 13.2 Å². The Bertz CT molecular complexity index is 3730. The maximum absolute atomic E-state index is 15.1. The maximum atomic E-state index is 15.1. The lowest BCUT2D eigenvalue weighted by molar-refractivity contribution is -0.192. The zero-order chi connectivity index (χ0) is 81.1. The normalized spacial score (nSPS) is 26.9. The number of aliphatic hydroxyl groups excluding tert-OH is 1. The van der Waals surface area contributed by atoms with Gasteiger partial charge in [-0.05, 0) is 68.5 Å². The van der Waals surface area contributed by atoms with Gasteiger partial charge in [-0.25, -0.2) is 13.8 Å². The number of phenols is 2. The average molecular weight is 1660 g/mol. The molecule has 4 aliphatic heterocycles. The number of benzene rings is 2. The Balaban J connectivity index is 0.00000289. The molecule has 14 amide bonds. The van der Waals surface area contributed by atoms with Gasteiger partial charge in [-0.1, -0.05) is 78.2 Å². The number of alkyl halides is 3. The molecule has 39 nitrogen and oxygen atoms in total. The van der Waals surface area contributed by atoms with Crippen LogP contribution in [0.5, 0.6) is 11.5 Å². The fraction of sp³-hybridized carbons (Fsp3) is 0.525. The van der Waals surface area contributed by atoms with E-state index in [1.165, 1.54) is 55.5 Å². The Hall–Kier alpha value is -9.36. The summed E-state index contributed by atoms with van der Waals surface area (Å²) in [5.74, 6) is -26.3. The second-order valence-corrected chi connectivity index (χ2v) is 32.9. The first kappa shape index (κ1) is 90.3. The van der Waals surface area contributed by atoms with Gasteiger partial charge in [0, 0.05) is 54.6 Å². The van der Waals surface area contributed by atoms with E-state index < -0.39 is 268 Å². The minimum atomic E-state index is -5.08. The number of nitrogens with two attached hydrogens (primary N) is 2. The lowest BCUT2D eigenvalue weighted by Gasteiger charge is -2.30. The van der Waals surface area contributed by atoms with Gasteiger partial charge < -0.3 is 111 Å². The molecule has 15 atom stereocenters. The standard InChI is InChI=1S/C59H79N15O22S6.C2HF3O2/c1-26-47(82)69-40-23-100-98-21-38-52(87)65-33(13-14-45(80)81)49(84)66-34(16-28-5-9-30(76)10-6-28)50(85)71-39(53(88)72-41(24-101-102(96)25-32(60)48(83)70-38)54(89)67-35(18-43(61)78)58(93)74-15-3-4-42(74)56(91)63-26)22-99-97-20-37(64-44(79)19-62-57(92)46(27(2)75)73-55(40)90)51(86)68-36(59(94)95)17-29-7-11-31(77)12-8-29;3-2(4,5)1(6)7/h5-12,26-27,32-42,46,75-77H,3-4,13-25,60H2,1-2H3,(H2,61,78)(H,62,92)(H,63,91)(H,64,79)(H,65,87)(H,66,84)(H,67,89)(H,68,86)(H,69,82)(H,70,83)(H,71,85)(H,72,88)(H,73,90)(H,80,81)(H,94,95);(H,6,7)/t26-,27+,32-,33-,34-,35-,36-,37-,38-,39-,40-,41-,42-,46-,102?;/m0./s1. The zero-order valence-corrected chi connectivity index (χ0v) is 62.4. The lowest BCUT2D eigenvalue weighted by Crippen LogP contribution is -2.62. The molecule has 4 bridgehead atoms. The van der Waals surface area contributed by atoms with Gasteiger partial charge in [0.15, 0.2) is 0 Å². The fourth-order valence-electron chi connectivity index (χ4n) is 10.1. The minimum Gasteiger partial charge on any atom is -0.508 e. The van der Waals surface area contributed by atoms with Crippen molar-refractivity contribution in [2.45, 2.75) is 150 Å². The van der Waals surface area contributed by atoms with E-state index in [0.29, 0.717) is 37.9 Å². The molecule has 0 saturated carbocycles. The number of amides is 14. The molecule has 0 aliphatic carbocycles. The molecular formula is C61H80F3N15O24S6. The molecule has 600 valence electrons. The first-order valence-corrected chi connectivity index (χ1v) is 40.5. The lowest BCUT2D eigenvalue weighted by atomic mass is 10.0. The SMILES string of the molecule is C[C@@H]1NC(=O)[C@@H]2CCCN2C(=O)[C@H](CC(N)=O)NC(=O)[C@@H]2CSS(=O)C[C@H](N)C(=O)N[C@H]3CSSC[C@H](NC1=O)C(=O)N[C@@H]([C@@H](C)O)C(=O)NCC(=O)N[C@H](C(=O)N[C@@H](Cc1ccc(O)cc1)C(=O)O)CSSC[C@H](NC(=O)[C@H](Cc1ccc(O)cc1)NC(=O)[C@H](CCC(=O)O)NC3=O)C(=O)N2.O=C(O)C(F)(F)F. The molecule has 48 heteroatoms. The van der Waals surface area contributed by atoms with Crippen molar-refractivity contribution in [1.82, 2.24) is 68.7 Å². The van der Waals surface area contributed by atoms with Crippen molar-refractivity contribution in [3.8, 4) is 11.5 Å². The van der Waals surface area contributed by atoms with Gasteiger partial charge >= 0.3 is 24.1 Å². The van der Waals surface area contributed by atoms with Crippen LogP contribution in [0.3, 0.4) is 0 Å². The molecular weight excluding hydrogens is 1580 g/mol. The summed E-state index contributed by atoms with van der Waals surface area (Å²) in [5, 5.41) is 87.1. The molecule has 0 aromatic heterocycles. The molecule has 0 spiro atoms. The number of nitrogens with zero attached hydrogens (tertiary/aromatic N) is 1. The van der Waals surface area contributed by atoms with E-state index in [4.69, 9.17) is 21.4 Å². The summed E-state index contributed by atoms with van der Waals surface area (Å²) >= 11 is 0. The largest absolute Gasteiger partial charge is 0.508 e. The number of carbonyl (C=O) groups is 17. The van der Waals surface area contributed by atoms with Crippen molar-refractivity contribution in [3.05, 3.63) is 59.7 Å². The summed E-state index contributed by atoms with van der Waals surface area (Å²) in [6.07, 6.45) is -10.1. The van der Waals surface area contributed by atoms with Crippen molar-refractivity contribution in [1.29, 1.82) is 0 Å². The highest BCUT2D eigenvalue weighted by Gasteiger charge is 2.43. The summed E-state index contributed by atoms with van der Waals surface area (Å²) in [5.41, 5.74) is 12.5. The first-order chi connectivity index (χ1) is 51.2. The minimum absolute atomic E-state index is 0.0425. The molecule has 1 unspecified atom stereocenters. The number of aliphatic carboxylic acids is 3. The number of carbonyl (C=O) groups excluding carboxylic acids is 14. The number of halogens is 3. The molecule has 2 aromatic carbocycles. The monoisotopic (exact) mass is 1660 g/mol. The summed E-state index contributed by atoms with van der Waals surface area (Å²) < 4.78 is 45.8. The first-order valence-electron chi connectivity index (χ1n) is 32.7. The zero-order valence-electron chi connectivity index (χ0n) is 57.5. The molecule has 4 heterocycles. The summed E-state index contributed by atoms with van der Waals surface area (Å²) in [6, 6.07) is -12.8. The summed E-state index contributed by atoms with van der Waals surface area (Å²) in [7, 11) is 0.932. The third-order valence-corrected chi connectivity index (χ3v) is 23.7. The van der Waals surface area contributed by atoms with Crippen molar-refractivity contribution in [3.63, 3.8) is 0 Å². The van der Waals surface area contributed by atoms with Crippen molar-refractivity contribution in [2.75, 3.05) is 47.6 Å². The van der Waals surface area contributed by atoms with Crippen LogP contribution in [0.2, 0.25) is 0 Å². The van der Waals surface area contributed by atoms with Gasteiger partial charge in [-0.15, -0.1) is 0 Å². The number of carboxylic acid groups (broad SMARTS) is 3. The summed E-state index contributed by atoms with van der Waals surface area (Å²) in [6.45, 7) is 1.09. The molecule has 0 radical (unpaired) electrons. The number of phenolic OH excluding ortho intramolecular Hbond substituents is 2.